The first-order chi connectivity index (χ1) is 7.99. The van der Waals surface area contributed by atoms with E-state index in [-0.39, 0.29) is 20.3 Å². The summed E-state index contributed by atoms with van der Waals surface area (Å²) in [6.45, 7) is 3.34. The second-order valence-electron chi connectivity index (χ2n) is 3.31. The average Bonchev–Trinajstić information content (AvgIpc) is 2.29. The molecule has 0 aromatic heterocycles. The van der Waals surface area contributed by atoms with Crippen molar-refractivity contribution >= 4 is 11.9 Å². The molecule has 0 aliphatic rings. The molecule has 1 unspecified atom stereocenters. The molecule has 0 aliphatic carbocycles. The predicted octanol–water partition coefficient (Wildman–Crippen LogP) is -0.362. The van der Waals surface area contributed by atoms with Gasteiger partial charge in [-0.15, -0.1) is 0 Å². The third kappa shape index (κ3) is 8.63. The monoisotopic (exact) mass is 244 g/mol. The van der Waals surface area contributed by atoms with Crippen LogP contribution in [0.25, 0.3) is 0 Å². The van der Waals surface area contributed by atoms with Gasteiger partial charge in [0.25, 0.3) is 0 Å². The van der Waals surface area contributed by atoms with Crippen LogP contribution in [0.3, 0.4) is 0 Å². The van der Waals surface area contributed by atoms with E-state index < -0.39 is 17.9 Å². The minimum Gasteiger partial charge on any atom is -1.00 e. The van der Waals surface area contributed by atoms with E-state index in [0.717, 1.165) is 11.6 Å². The van der Waals surface area contributed by atoms with E-state index >= 15 is 0 Å². The van der Waals surface area contributed by atoms with Crippen molar-refractivity contribution in [3.05, 3.63) is 48.0 Å². The van der Waals surface area contributed by atoms with Gasteiger partial charge in [-0.3, -0.25) is 4.79 Å². The molecule has 0 radical (unpaired) electrons. The van der Waals surface area contributed by atoms with Crippen molar-refractivity contribution in [3.8, 4) is 0 Å². The fourth-order valence-corrected chi connectivity index (χ4v) is 1.03. The molecule has 1 rings (SSSR count). The molecule has 94 valence electrons. The van der Waals surface area contributed by atoms with Crippen LogP contribution in [0.1, 0.15) is 26.8 Å². The Morgan fingerprint density at radius 1 is 1.22 bits per heavy atom. The molecule has 0 heterocycles. The Morgan fingerprint density at radius 3 is 2.00 bits per heavy atom. The van der Waals surface area contributed by atoms with Crippen molar-refractivity contribution < 1.29 is 40.1 Å². The Morgan fingerprint density at radius 2 is 1.72 bits per heavy atom. The third-order valence-corrected chi connectivity index (χ3v) is 1.98. The molecule has 0 saturated heterocycles. The third-order valence-electron chi connectivity index (χ3n) is 1.98. The van der Waals surface area contributed by atoms with Gasteiger partial charge < -0.3 is 11.6 Å². The number of allylic oxidation sites excluding steroid dienone is 1. The van der Waals surface area contributed by atoms with Crippen molar-refractivity contribution in [2.75, 3.05) is 0 Å². The SMILES string of the molecule is C/C=C/C(=O)O.CC(C(=O)O)c1ccccc1.[H-].[Li+]. The zero-order valence-electron chi connectivity index (χ0n) is 11.8. The van der Waals surface area contributed by atoms with E-state index in [1.807, 2.05) is 30.3 Å². The smallest absolute Gasteiger partial charge is 1.00 e. The van der Waals surface area contributed by atoms with Crippen LogP contribution in [0, 0.1) is 0 Å². The molecule has 0 spiro atoms. The van der Waals surface area contributed by atoms with Crippen LogP contribution < -0.4 is 18.9 Å². The van der Waals surface area contributed by atoms with Gasteiger partial charge in [0, 0.05) is 6.08 Å². The molecule has 1 aromatic rings. The molecule has 4 nitrogen and oxygen atoms in total. The first-order valence-electron chi connectivity index (χ1n) is 5.12. The molecular weight excluding hydrogens is 227 g/mol. The Kier molecular flexibility index (Phi) is 11.1. The average molecular weight is 244 g/mol. The van der Waals surface area contributed by atoms with E-state index in [0.29, 0.717) is 0 Å². The summed E-state index contributed by atoms with van der Waals surface area (Å²) in [4.78, 5) is 20.0. The molecule has 1 aromatic carbocycles. The maximum Gasteiger partial charge on any atom is 1.00 e. The maximum absolute atomic E-state index is 10.5. The molecule has 18 heavy (non-hydrogen) atoms. The van der Waals surface area contributed by atoms with Gasteiger partial charge in [0.15, 0.2) is 0 Å². The Labute approximate surface area is 120 Å². The number of carboxylic acid groups (broad SMARTS) is 2. The van der Waals surface area contributed by atoms with Gasteiger partial charge in [0.1, 0.15) is 0 Å². The Bertz CT molecular complexity index is 393. The van der Waals surface area contributed by atoms with E-state index in [2.05, 4.69) is 0 Å². The van der Waals surface area contributed by atoms with Gasteiger partial charge in [-0.1, -0.05) is 36.4 Å². The van der Waals surface area contributed by atoms with Crippen LogP contribution in [0.5, 0.6) is 0 Å². The number of carbonyl (C=O) groups is 2. The van der Waals surface area contributed by atoms with Crippen molar-refractivity contribution in [2.45, 2.75) is 19.8 Å². The molecule has 1 atom stereocenters. The van der Waals surface area contributed by atoms with E-state index in [9.17, 15) is 9.59 Å². The van der Waals surface area contributed by atoms with Gasteiger partial charge in [-0.25, -0.2) is 4.79 Å². The molecule has 0 amide bonds. The number of rotatable bonds is 3. The predicted molar refractivity (Wildman–Crippen MR) is 66.1 cm³/mol. The largest absolute Gasteiger partial charge is 1.00 e. The summed E-state index contributed by atoms with van der Waals surface area (Å²) < 4.78 is 0. The quantitative estimate of drug-likeness (QED) is 0.562. The van der Waals surface area contributed by atoms with Crippen molar-refractivity contribution in [3.63, 3.8) is 0 Å². The van der Waals surface area contributed by atoms with Gasteiger partial charge in [0.2, 0.25) is 0 Å². The van der Waals surface area contributed by atoms with E-state index in [1.165, 1.54) is 6.08 Å². The second kappa shape index (κ2) is 10.6. The summed E-state index contributed by atoms with van der Waals surface area (Å²) in [6.07, 6.45) is 2.56. The van der Waals surface area contributed by atoms with Crippen molar-refractivity contribution in [2.24, 2.45) is 0 Å². The molecule has 0 aliphatic heterocycles. The van der Waals surface area contributed by atoms with Gasteiger partial charge >= 0.3 is 30.8 Å². The summed E-state index contributed by atoms with van der Waals surface area (Å²) in [5.74, 6) is -2.08. The number of carboxylic acids is 2. The summed E-state index contributed by atoms with van der Waals surface area (Å²) >= 11 is 0. The fourth-order valence-electron chi connectivity index (χ4n) is 1.03. The molecule has 0 bridgehead atoms. The second-order valence-corrected chi connectivity index (χ2v) is 3.31. The standard InChI is InChI=1S/C9H10O2.C4H6O2.Li.H/c1-7(9(10)11)8-5-3-2-4-6-8;1-2-3-4(5)6;;/h2-7H,1H3,(H,10,11);2-3H,1H3,(H,5,6);;/q;;+1;-1/b;3-2+;;. The number of aliphatic carboxylic acids is 2. The van der Waals surface area contributed by atoms with Crippen LogP contribution >= 0.6 is 0 Å². The maximum atomic E-state index is 10.5. The topological polar surface area (TPSA) is 74.6 Å². The summed E-state index contributed by atoms with van der Waals surface area (Å²) in [7, 11) is 0. The molecule has 0 saturated carbocycles. The van der Waals surface area contributed by atoms with Crippen molar-refractivity contribution in [1.29, 1.82) is 0 Å². The minimum absolute atomic E-state index is 0. The Hall–Kier alpha value is -1.50. The summed E-state index contributed by atoms with van der Waals surface area (Å²) in [5.41, 5.74) is 0.847. The van der Waals surface area contributed by atoms with Crippen LogP contribution in [0.4, 0.5) is 0 Å². The molecular formula is C13H17LiO4. The Balaban J connectivity index is -0.000000282. The number of hydrogen-bond donors (Lipinski definition) is 2. The van der Waals surface area contributed by atoms with Gasteiger partial charge in [-0.2, -0.15) is 0 Å². The van der Waals surface area contributed by atoms with Crippen LogP contribution in [0.2, 0.25) is 0 Å². The number of hydrogen-bond acceptors (Lipinski definition) is 2. The van der Waals surface area contributed by atoms with Crippen LogP contribution in [-0.2, 0) is 9.59 Å². The normalized spacial score (nSPS) is 10.8. The van der Waals surface area contributed by atoms with Crippen LogP contribution in [0.15, 0.2) is 42.5 Å². The first-order valence-corrected chi connectivity index (χ1v) is 5.12. The molecule has 0 fully saturated rings. The zero-order chi connectivity index (χ0) is 13.3. The van der Waals surface area contributed by atoms with Gasteiger partial charge in [-0.05, 0) is 19.4 Å². The first kappa shape index (κ1) is 18.9. The molecule has 2 N–H and O–H groups in total. The minimum atomic E-state index is -0.891. The molecule has 5 heteroatoms. The van der Waals surface area contributed by atoms with Crippen LogP contribution in [-0.4, -0.2) is 22.2 Å². The summed E-state index contributed by atoms with van der Waals surface area (Å²) in [5, 5.41) is 16.5. The zero-order valence-corrected chi connectivity index (χ0v) is 10.8. The summed E-state index contributed by atoms with van der Waals surface area (Å²) in [6, 6.07) is 9.19. The van der Waals surface area contributed by atoms with Crippen molar-refractivity contribution in [1.82, 2.24) is 0 Å². The van der Waals surface area contributed by atoms with Gasteiger partial charge in [0.05, 0.1) is 5.92 Å². The number of benzene rings is 1. The van der Waals surface area contributed by atoms with E-state index in [4.69, 9.17) is 10.2 Å². The fraction of sp³-hybridized carbons (Fsp3) is 0.231. The van der Waals surface area contributed by atoms with E-state index in [1.54, 1.807) is 13.8 Å².